The van der Waals surface area contributed by atoms with Gasteiger partial charge in [-0.3, -0.25) is 9.59 Å². The van der Waals surface area contributed by atoms with Gasteiger partial charge < -0.3 is 9.88 Å². The number of nitrogens with one attached hydrogen (secondary N) is 1. The van der Waals surface area contributed by atoms with Crippen molar-refractivity contribution < 1.29 is 4.79 Å². The van der Waals surface area contributed by atoms with Gasteiger partial charge in [0.2, 0.25) is 5.91 Å². The second kappa shape index (κ2) is 6.68. The number of nitrogens with zero attached hydrogens (tertiary/aromatic N) is 2. The Kier molecular flexibility index (Phi) is 4.69. The molecule has 5 nitrogen and oxygen atoms in total. The molecular weight excluding hydrogens is 274 g/mol. The van der Waals surface area contributed by atoms with Gasteiger partial charge in [0, 0.05) is 30.2 Å². The molecule has 0 unspecified atom stereocenters. The zero-order valence-corrected chi connectivity index (χ0v) is 11.5. The van der Waals surface area contributed by atoms with Crippen LogP contribution in [0.2, 0.25) is 0 Å². The SMILES string of the molecule is N#Cc1ccc(NC(=O)CCCn2ccsc2=O)cc1. The van der Waals surface area contributed by atoms with E-state index < -0.39 is 0 Å². The van der Waals surface area contributed by atoms with Crippen molar-refractivity contribution in [1.29, 1.82) is 5.26 Å². The highest BCUT2D eigenvalue weighted by Gasteiger charge is 2.03. The highest BCUT2D eigenvalue weighted by Crippen LogP contribution is 2.09. The number of benzene rings is 1. The number of aromatic nitrogens is 1. The van der Waals surface area contributed by atoms with Crippen molar-refractivity contribution in [2.75, 3.05) is 5.32 Å². The third-order valence-electron chi connectivity index (χ3n) is 2.74. The molecule has 0 fully saturated rings. The smallest absolute Gasteiger partial charge is 0.307 e. The van der Waals surface area contributed by atoms with Crippen molar-refractivity contribution in [2.24, 2.45) is 0 Å². The first-order valence-corrected chi connectivity index (χ1v) is 7.01. The molecule has 0 spiro atoms. The average Bonchev–Trinajstić information content (AvgIpc) is 2.85. The summed E-state index contributed by atoms with van der Waals surface area (Å²) in [7, 11) is 0. The van der Waals surface area contributed by atoms with E-state index in [1.165, 1.54) is 0 Å². The number of aryl methyl sites for hydroxylation is 1. The van der Waals surface area contributed by atoms with Gasteiger partial charge in [0.25, 0.3) is 0 Å². The van der Waals surface area contributed by atoms with Gasteiger partial charge in [0.1, 0.15) is 0 Å². The molecule has 6 heteroatoms. The van der Waals surface area contributed by atoms with Gasteiger partial charge in [-0.1, -0.05) is 11.3 Å². The number of hydrogen-bond acceptors (Lipinski definition) is 4. The number of hydrogen-bond donors (Lipinski definition) is 1. The molecule has 20 heavy (non-hydrogen) atoms. The van der Waals surface area contributed by atoms with Crippen molar-refractivity contribution in [1.82, 2.24) is 4.57 Å². The Hall–Kier alpha value is -2.39. The van der Waals surface area contributed by atoms with Crippen LogP contribution >= 0.6 is 11.3 Å². The third-order valence-corrected chi connectivity index (χ3v) is 3.44. The van der Waals surface area contributed by atoms with Crippen LogP contribution in [0.15, 0.2) is 40.6 Å². The lowest BCUT2D eigenvalue weighted by Crippen LogP contribution is -2.15. The molecule has 0 bridgehead atoms. The molecule has 0 saturated carbocycles. The molecule has 1 heterocycles. The molecule has 1 aromatic heterocycles. The molecule has 0 aliphatic carbocycles. The van der Waals surface area contributed by atoms with E-state index in [1.807, 2.05) is 6.07 Å². The van der Waals surface area contributed by atoms with E-state index in [9.17, 15) is 9.59 Å². The minimum Gasteiger partial charge on any atom is -0.326 e. The maximum atomic E-state index is 11.7. The number of rotatable bonds is 5. The van der Waals surface area contributed by atoms with Crippen molar-refractivity contribution in [3.05, 3.63) is 51.1 Å². The van der Waals surface area contributed by atoms with E-state index in [4.69, 9.17) is 5.26 Å². The number of amides is 1. The maximum absolute atomic E-state index is 11.7. The number of anilines is 1. The first kappa shape index (κ1) is 14.0. The van der Waals surface area contributed by atoms with E-state index in [-0.39, 0.29) is 10.8 Å². The number of thiazole rings is 1. The number of carbonyl (C=O) groups excluding carboxylic acids is 1. The van der Waals surface area contributed by atoms with Gasteiger partial charge in [-0.25, -0.2) is 0 Å². The van der Waals surface area contributed by atoms with E-state index in [0.29, 0.717) is 30.6 Å². The van der Waals surface area contributed by atoms with Crippen molar-refractivity contribution >= 4 is 22.9 Å². The Balaban J connectivity index is 1.79. The van der Waals surface area contributed by atoms with E-state index in [0.717, 1.165) is 11.3 Å². The molecule has 0 aliphatic heterocycles. The van der Waals surface area contributed by atoms with Crippen molar-refractivity contribution in [3.8, 4) is 6.07 Å². The fraction of sp³-hybridized carbons (Fsp3) is 0.214. The number of nitriles is 1. The Morgan fingerprint density at radius 3 is 2.70 bits per heavy atom. The first-order valence-electron chi connectivity index (χ1n) is 6.13. The molecule has 1 amide bonds. The summed E-state index contributed by atoms with van der Waals surface area (Å²) >= 11 is 1.15. The van der Waals surface area contributed by atoms with Gasteiger partial charge in [-0.05, 0) is 30.7 Å². The van der Waals surface area contributed by atoms with Crippen LogP contribution < -0.4 is 10.2 Å². The van der Waals surface area contributed by atoms with Crippen LogP contribution in [0.5, 0.6) is 0 Å². The number of carbonyl (C=O) groups is 1. The zero-order valence-electron chi connectivity index (χ0n) is 10.7. The molecule has 0 radical (unpaired) electrons. The zero-order chi connectivity index (χ0) is 14.4. The molecule has 1 aromatic carbocycles. The molecule has 0 saturated heterocycles. The van der Waals surface area contributed by atoms with Crippen LogP contribution in [0.25, 0.3) is 0 Å². The third kappa shape index (κ3) is 3.80. The van der Waals surface area contributed by atoms with Gasteiger partial charge in [0.15, 0.2) is 0 Å². The summed E-state index contributed by atoms with van der Waals surface area (Å²) in [4.78, 5) is 23.0. The lowest BCUT2D eigenvalue weighted by Gasteiger charge is -2.05. The second-order valence-corrected chi connectivity index (χ2v) is 5.06. The summed E-state index contributed by atoms with van der Waals surface area (Å²) in [5, 5.41) is 13.2. The summed E-state index contributed by atoms with van der Waals surface area (Å²) < 4.78 is 1.60. The topological polar surface area (TPSA) is 74.9 Å². The lowest BCUT2D eigenvalue weighted by molar-refractivity contribution is -0.116. The average molecular weight is 287 g/mol. The summed E-state index contributed by atoms with van der Waals surface area (Å²) in [6.45, 7) is 0.545. The fourth-order valence-corrected chi connectivity index (χ4v) is 2.33. The molecule has 102 valence electrons. The standard InChI is InChI=1S/C14H13N3O2S/c15-10-11-3-5-12(6-4-11)16-13(18)2-1-7-17-8-9-20-14(17)19/h3-6,8-9H,1-2,7H2,(H,16,18). The van der Waals surface area contributed by atoms with Crippen LogP contribution in [0.4, 0.5) is 5.69 Å². The predicted molar refractivity (Wildman–Crippen MR) is 77.6 cm³/mol. The van der Waals surface area contributed by atoms with E-state index in [1.54, 1.807) is 40.4 Å². The second-order valence-electron chi connectivity index (χ2n) is 4.20. The molecule has 2 aromatic rings. The van der Waals surface area contributed by atoms with Crippen molar-refractivity contribution in [3.63, 3.8) is 0 Å². The summed E-state index contributed by atoms with van der Waals surface area (Å²) in [6, 6.07) is 8.71. The van der Waals surface area contributed by atoms with Crippen LogP contribution in [0.1, 0.15) is 18.4 Å². The molecule has 1 N–H and O–H groups in total. The highest BCUT2D eigenvalue weighted by molar-refractivity contribution is 7.07. The molecule has 0 aliphatic rings. The molecule has 2 rings (SSSR count). The summed E-state index contributed by atoms with van der Waals surface area (Å²) in [5.41, 5.74) is 1.22. The van der Waals surface area contributed by atoms with Crippen LogP contribution in [0.3, 0.4) is 0 Å². The Bertz CT molecular complexity index is 679. The highest BCUT2D eigenvalue weighted by atomic mass is 32.1. The van der Waals surface area contributed by atoms with Gasteiger partial charge in [-0.2, -0.15) is 5.26 Å². The quantitative estimate of drug-likeness (QED) is 0.916. The van der Waals surface area contributed by atoms with E-state index >= 15 is 0 Å². The Morgan fingerprint density at radius 1 is 1.35 bits per heavy atom. The minimum absolute atomic E-state index is 0.00231. The van der Waals surface area contributed by atoms with Crippen LogP contribution in [-0.2, 0) is 11.3 Å². The van der Waals surface area contributed by atoms with Crippen molar-refractivity contribution in [2.45, 2.75) is 19.4 Å². The normalized spacial score (nSPS) is 9.95. The van der Waals surface area contributed by atoms with Gasteiger partial charge in [-0.15, -0.1) is 0 Å². The summed E-state index contributed by atoms with van der Waals surface area (Å²) in [5.74, 6) is -0.0991. The fourth-order valence-electron chi connectivity index (χ4n) is 1.72. The molecule has 0 atom stereocenters. The monoisotopic (exact) mass is 287 g/mol. The maximum Gasteiger partial charge on any atom is 0.307 e. The minimum atomic E-state index is -0.0991. The van der Waals surface area contributed by atoms with Gasteiger partial charge in [0.05, 0.1) is 11.6 Å². The molecular formula is C14H13N3O2S. The Labute approximate surface area is 120 Å². The van der Waals surface area contributed by atoms with Crippen LogP contribution in [0, 0.1) is 11.3 Å². The van der Waals surface area contributed by atoms with E-state index in [2.05, 4.69) is 5.32 Å². The Morgan fingerprint density at radius 2 is 2.10 bits per heavy atom. The van der Waals surface area contributed by atoms with Crippen LogP contribution in [-0.4, -0.2) is 10.5 Å². The predicted octanol–water partition coefficient (Wildman–Crippen LogP) is 2.20. The lowest BCUT2D eigenvalue weighted by atomic mass is 10.2. The first-order chi connectivity index (χ1) is 9.69. The largest absolute Gasteiger partial charge is 0.326 e. The van der Waals surface area contributed by atoms with Gasteiger partial charge >= 0.3 is 4.87 Å². The summed E-state index contributed by atoms with van der Waals surface area (Å²) in [6.07, 6.45) is 2.69.